The second-order valence-corrected chi connectivity index (χ2v) is 7.23. The molecule has 2 heterocycles. The van der Waals surface area contributed by atoms with E-state index in [-0.39, 0.29) is 15.6 Å². The first kappa shape index (κ1) is 19.1. The minimum absolute atomic E-state index is 0.114. The molecule has 3 aromatic rings. The number of amides is 1. The molecular formula is C17H12F2N2O4S2. The first-order valence-electron chi connectivity index (χ1n) is 7.65. The summed E-state index contributed by atoms with van der Waals surface area (Å²) in [6.45, 7) is -1.06. The van der Waals surface area contributed by atoms with Gasteiger partial charge in [-0.3, -0.25) is 14.4 Å². The minimum atomic E-state index is -2.80. The van der Waals surface area contributed by atoms with E-state index in [9.17, 15) is 23.2 Å². The molecule has 0 atom stereocenters. The van der Waals surface area contributed by atoms with Crippen molar-refractivity contribution >= 4 is 55.6 Å². The molecule has 10 heteroatoms. The van der Waals surface area contributed by atoms with Crippen LogP contribution in [0.4, 0.5) is 13.8 Å². The molecule has 1 amide bonds. The highest BCUT2D eigenvalue weighted by molar-refractivity contribution is 7.20. The molecule has 0 fully saturated rings. The Balaban J connectivity index is 1.68. The number of benzene rings is 1. The molecule has 1 aromatic carbocycles. The van der Waals surface area contributed by atoms with Gasteiger partial charge in [0.2, 0.25) is 0 Å². The molecule has 0 aliphatic heterocycles. The van der Waals surface area contributed by atoms with Gasteiger partial charge in [-0.2, -0.15) is 0 Å². The van der Waals surface area contributed by atoms with Crippen molar-refractivity contribution in [1.29, 1.82) is 0 Å². The van der Waals surface area contributed by atoms with Crippen molar-refractivity contribution in [1.82, 2.24) is 4.98 Å². The number of alkyl halides is 2. The average Bonchev–Trinajstić information content (AvgIpc) is 3.26. The van der Waals surface area contributed by atoms with E-state index >= 15 is 0 Å². The number of para-hydroxylation sites is 1. The number of carbonyl (C=O) groups is 3. The molecule has 0 saturated heterocycles. The molecule has 27 heavy (non-hydrogen) atoms. The van der Waals surface area contributed by atoms with Crippen LogP contribution in [0.2, 0.25) is 0 Å². The quantitative estimate of drug-likeness (QED) is 0.362. The molecule has 0 saturated carbocycles. The van der Waals surface area contributed by atoms with Crippen LogP contribution < -0.4 is 5.32 Å². The third-order valence-electron chi connectivity index (χ3n) is 3.36. The van der Waals surface area contributed by atoms with Crippen LogP contribution in [0.3, 0.4) is 0 Å². The molecule has 0 aliphatic carbocycles. The number of halogens is 2. The Morgan fingerprint density at radius 3 is 2.70 bits per heavy atom. The lowest BCUT2D eigenvalue weighted by Gasteiger charge is -2.05. The SMILES string of the molecule is O=C(CC(=O)c1ccsc1NC(=O)c1nc2ccccc2s1)OCC(F)F. The monoisotopic (exact) mass is 410 g/mol. The number of thiophene rings is 1. The zero-order valence-corrected chi connectivity index (χ0v) is 15.2. The highest BCUT2D eigenvalue weighted by atomic mass is 32.1. The maximum atomic E-state index is 12.4. The van der Waals surface area contributed by atoms with Gasteiger partial charge in [-0.15, -0.1) is 22.7 Å². The number of fused-ring (bicyclic) bond motifs is 1. The summed E-state index contributed by atoms with van der Waals surface area (Å²) in [5, 5.41) is 4.67. The Morgan fingerprint density at radius 1 is 1.19 bits per heavy atom. The third-order valence-corrected chi connectivity index (χ3v) is 5.22. The molecule has 6 nitrogen and oxygen atoms in total. The van der Waals surface area contributed by atoms with Crippen LogP contribution in [0.25, 0.3) is 10.2 Å². The van der Waals surface area contributed by atoms with E-state index in [1.165, 1.54) is 17.4 Å². The molecule has 0 bridgehead atoms. The molecular weight excluding hydrogens is 398 g/mol. The van der Waals surface area contributed by atoms with Crippen LogP contribution in [0.1, 0.15) is 26.6 Å². The molecule has 0 unspecified atom stereocenters. The van der Waals surface area contributed by atoms with Crippen LogP contribution in [-0.4, -0.2) is 35.7 Å². The Hall–Kier alpha value is -2.72. The fraction of sp³-hybridized carbons (Fsp3) is 0.176. The van der Waals surface area contributed by atoms with Gasteiger partial charge in [0.1, 0.15) is 11.4 Å². The van der Waals surface area contributed by atoms with Gasteiger partial charge in [-0.1, -0.05) is 12.1 Å². The normalized spacial score (nSPS) is 10.9. The molecule has 0 aliphatic rings. The predicted molar refractivity (Wildman–Crippen MR) is 97.8 cm³/mol. The summed E-state index contributed by atoms with van der Waals surface area (Å²) >= 11 is 2.32. The number of ether oxygens (including phenoxy) is 1. The van der Waals surface area contributed by atoms with Crippen LogP contribution >= 0.6 is 22.7 Å². The van der Waals surface area contributed by atoms with Crippen molar-refractivity contribution in [2.24, 2.45) is 0 Å². The maximum Gasteiger partial charge on any atom is 0.313 e. The lowest BCUT2D eigenvalue weighted by Crippen LogP contribution is -2.17. The van der Waals surface area contributed by atoms with E-state index in [1.54, 1.807) is 11.4 Å². The fourth-order valence-corrected chi connectivity index (χ4v) is 3.85. The highest BCUT2D eigenvalue weighted by Gasteiger charge is 2.21. The number of esters is 1. The van der Waals surface area contributed by atoms with Gasteiger partial charge in [0.25, 0.3) is 12.3 Å². The van der Waals surface area contributed by atoms with Gasteiger partial charge in [0.15, 0.2) is 17.4 Å². The summed E-state index contributed by atoms with van der Waals surface area (Å²) in [7, 11) is 0. The summed E-state index contributed by atoms with van der Waals surface area (Å²) in [6.07, 6.45) is -3.48. The fourth-order valence-electron chi connectivity index (χ4n) is 2.18. The number of carbonyl (C=O) groups excluding carboxylic acids is 3. The molecule has 0 radical (unpaired) electrons. The van der Waals surface area contributed by atoms with Gasteiger partial charge < -0.3 is 10.1 Å². The minimum Gasteiger partial charge on any atom is -0.459 e. The van der Waals surface area contributed by atoms with Crippen LogP contribution in [0.15, 0.2) is 35.7 Å². The maximum absolute atomic E-state index is 12.4. The molecule has 2 aromatic heterocycles. The summed E-state index contributed by atoms with van der Waals surface area (Å²) in [5.74, 6) is -2.15. The molecule has 1 N–H and O–H groups in total. The van der Waals surface area contributed by atoms with Gasteiger partial charge in [0, 0.05) is 0 Å². The number of rotatable bonds is 7. The van der Waals surface area contributed by atoms with Gasteiger partial charge >= 0.3 is 5.97 Å². The zero-order chi connectivity index (χ0) is 19.4. The Morgan fingerprint density at radius 2 is 1.96 bits per heavy atom. The number of Topliss-reactive ketones (excluding diaryl/α,β-unsaturated/α-hetero) is 1. The van der Waals surface area contributed by atoms with Gasteiger partial charge in [0.05, 0.1) is 15.8 Å². The lowest BCUT2D eigenvalue weighted by molar-refractivity contribution is -0.146. The number of hydrogen-bond acceptors (Lipinski definition) is 7. The lowest BCUT2D eigenvalue weighted by atomic mass is 10.1. The smallest absolute Gasteiger partial charge is 0.313 e. The second kappa shape index (κ2) is 8.31. The topological polar surface area (TPSA) is 85.4 Å². The molecule has 0 spiro atoms. The summed E-state index contributed by atoms with van der Waals surface area (Å²) < 4.78 is 29.2. The van der Waals surface area contributed by atoms with Crippen molar-refractivity contribution in [3.05, 3.63) is 46.3 Å². The zero-order valence-electron chi connectivity index (χ0n) is 13.6. The Kier molecular flexibility index (Phi) is 5.87. The Labute approximate surface area is 159 Å². The number of hydrogen-bond donors (Lipinski definition) is 1. The number of aromatic nitrogens is 1. The summed E-state index contributed by atoms with van der Waals surface area (Å²) in [6, 6.07) is 8.72. The largest absolute Gasteiger partial charge is 0.459 e. The van der Waals surface area contributed by atoms with E-state index in [2.05, 4.69) is 15.0 Å². The predicted octanol–water partition coefficient (Wildman–Crippen LogP) is 3.99. The van der Waals surface area contributed by atoms with Crippen LogP contribution in [-0.2, 0) is 9.53 Å². The summed E-state index contributed by atoms with van der Waals surface area (Å²) in [4.78, 5) is 40.3. The number of nitrogens with one attached hydrogen (secondary N) is 1. The van der Waals surface area contributed by atoms with E-state index in [0.29, 0.717) is 5.52 Å². The van der Waals surface area contributed by atoms with Crippen molar-refractivity contribution in [3.8, 4) is 0 Å². The van der Waals surface area contributed by atoms with E-state index < -0.39 is 37.1 Å². The van der Waals surface area contributed by atoms with E-state index in [0.717, 1.165) is 16.0 Å². The van der Waals surface area contributed by atoms with E-state index in [1.807, 2.05) is 18.2 Å². The van der Waals surface area contributed by atoms with Crippen molar-refractivity contribution in [2.45, 2.75) is 12.8 Å². The molecule has 3 rings (SSSR count). The van der Waals surface area contributed by atoms with Crippen molar-refractivity contribution in [2.75, 3.05) is 11.9 Å². The third kappa shape index (κ3) is 4.72. The Bertz CT molecular complexity index is 967. The van der Waals surface area contributed by atoms with Crippen LogP contribution in [0, 0.1) is 0 Å². The number of nitrogens with zero attached hydrogens (tertiary/aromatic N) is 1. The second-order valence-electron chi connectivity index (χ2n) is 5.28. The van der Waals surface area contributed by atoms with Crippen LogP contribution in [0.5, 0.6) is 0 Å². The van der Waals surface area contributed by atoms with Crippen molar-refractivity contribution < 1.29 is 27.9 Å². The average molecular weight is 410 g/mol. The summed E-state index contributed by atoms with van der Waals surface area (Å²) in [5.41, 5.74) is 0.806. The first-order valence-corrected chi connectivity index (χ1v) is 9.35. The van der Waals surface area contributed by atoms with Gasteiger partial charge in [-0.25, -0.2) is 13.8 Å². The van der Waals surface area contributed by atoms with Gasteiger partial charge in [-0.05, 0) is 23.6 Å². The number of thiazole rings is 1. The molecule has 140 valence electrons. The van der Waals surface area contributed by atoms with E-state index in [4.69, 9.17) is 0 Å². The van der Waals surface area contributed by atoms with Crippen molar-refractivity contribution in [3.63, 3.8) is 0 Å². The standard InChI is InChI=1S/C17H12F2N2O4S2/c18-13(19)8-25-14(23)7-11(22)9-5-6-26-16(9)21-15(24)17-20-10-3-1-2-4-12(10)27-17/h1-6,13H,7-8H2,(H,21,24). The number of anilines is 1. The first-order chi connectivity index (χ1) is 12.9. The highest BCUT2D eigenvalue weighted by Crippen LogP contribution is 2.27. The number of ketones is 1.